The van der Waals surface area contributed by atoms with Gasteiger partial charge in [-0.2, -0.15) is 0 Å². The summed E-state index contributed by atoms with van der Waals surface area (Å²) in [5.74, 6) is 0.667. The molecule has 1 aromatic rings. The van der Waals surface area contributed by atoms with E-state index < -0.39 is 0 Å². The second kappa shape index (κ2) is 9.59. The molecule has 2 heterocycles. The molecule has 3 rings (SSSR count). The topological polar surface area (TPSA) is 61.9 Å². The molecule has 0 radical (unpaired) electrons. The molecule has 7 heteroatoms. The molecule has 1 unspecified atom stereocenters. The zero-order valence-corrected chi connectivity index (χ0v) is 15.7. The Morgan fingerprint density at radius 3 is 2.92 bits per heavy atom. The van der Waals surface area contributed by atoms with E-state index in [4.69, 9.17) is 4.74 Å². The van der Waals surface area contributed by atoms with E-state index in [0.717, 1.165) is 19.4 Å². The fourth-order valence-electron chi connectivity index (χ4n) is 3.49. The number of nitrogens with one attached hydrogen (secondary N) is 1. The van der Waals surface area contributed by atoms with Crippen LogP contribution in [0.25, 0.3) is 0 Å². The smallest absolute Gasteiger partial charge is 0.257 e. The average Bonchev–Trinajstić information content (AvgIpc) is 2.66. The number of hydrogen-bond donors (Lipinski definition) is 1. The fraction of sp³-hybridized carbons (Fsp3) is 0.474. The van der Waals surface area contributed by atoms with Gasteiger partial charge in [-0.3, -0.25) is 9.59 Å². The molecule has 2 fully saturated rings. The molecule has 2 aliphatic rings. The summed E-state index contributed by atoms with van der Waals surface area (Å²) in [5.41, 5.74) is 0.566. The summed E-state index contributed by atoms with van der Waals surface area (Å²) in [5, 5.41) is 3.09. The Morgan fingerprint density at radius 1 is 1.35 bits per heavy atom. The SMILES string of the molecule is C=CCOc1ccccc1C(=O)N1CCCC(N2CCNCC2=O)C1.Cl. The maximum absolute atomic E-state index is 13.0. The van der Waals surface area contributed by atoms with Crippen molar-refractivity contribution in [2.24, 2.45) is 0 Å². The van der Waals surface area contributed by atoms with Gasteiger partial charge in [-0.25, -0.2) is 0 Å². The first-order valence-corrected chi connectivity index (χ1v) is 8.83. The third kappa shape index (κ3) is 4.56. The van der Waals surface area contributed by atoms with E-state index in [0.29, 0.717) is 44.1 Å². The Labute approximate surface area is 160 Å². The molecule has 142 valence electrons. The number of amides is 2. The average molecular weight is 380 g/mol. The zero-order valence-electron chi connectivity index (χ0n) is 14.9. The molecule has 2 saturated heterocycles. The van der Waals surface area contributed by atoms with Crippen molar-refractivity contribution in [3.05, 3.63) is 42.5 Å². The third-order valence-electron chi connectivity index (χ3n) is 4.72. The Morgan fingerprint density at radius 2 is 2.15 bits per heavy atom. The molecule has 2 aliphatic heterocycles. The standard InChI is InChI=1S/C19H25N3O3.ClH/c1-2-12-25-17-8-4-3-7-16(17)19(24)21-10-5-6-15(14-21)22-11-9-20-13-18(22)23;/h2-4,7-8,15,20H,1,5-6,9-14H2;1H. The highest BCUT2D eigenvalue weighted by atomic mass is 35.5. The maximum Gasteiger partial charge on any atom is 0.257 e. The largest absolute Gasteiger partial charge is 0.489 e. The zero-order chi connectivity index (χ0) is 17.6. The molecule has 1 aromatic carbocycles. The Bertz CT molecular complexity index is 653. The lowest BCUT2D eigenvalue weighted by molar-refractivity contribution is -0.135. The fourth-order valence-corrected chi connectivity index (χ4v) is 3.49. The molecule has 0 spiro atoms. The minimum absolute atomic E-state index is 0. The normalized spacial score (nSPS) is 20.3. The number of benzene rings is 1. The van der Waals surface area contributed by atoms with Crippen molar-refractivity contribution in [1.82, 2.24) is 15.1 Å². The second-order valence-corrected chi connectivity index (χ2v) is 6.41. The van der Waals surface area contributed by atoms with Gasteiger partial charge in [-0.15, -0.1) is 12.4 Å². The molecule has 6 nitrogen and oxygen atoms in total. The molecular formula is C19H26ClN3O3. The highest BCUT2D eigenvalue weighted by Crippen LogP contribution is 2.23. The molecule has 2 amide bonds. The molecule has 26 heavy (non-hydrogen) atoms. The van der Waals surface area contributed by atoms with Crippen LogP contribution >= 0.6 is 12.4 Å². The van der Waals surface area contributed by atoms with Crippen LogP contribution in [0.3, 0.4) is 0 Å². The van der Waals surface area contributed by atoms with Crippen molar-refractivity contribution < 1.29 is 14.3 Å². The van der Waals surface area contributed by atoms with Gasteiger partial charge in [0.2, 0.25) is 5.91 Å². The Hall–Kier alpha value is -2.05. The number of rotatable bonds is 5. The number of nitrogens with zero attached hydrogens (tertiary/aromatic N) is 2. The van der Waals surface area contributed by atoms with Gasteiger partial charge in [-0.1, -0.05) is 24.8 Å². The summed E-state index contributed by atoms with van der Waals surface area (Å²) in [4.78, 5) is 28.9. The van der Waals surface area contributed by atoms with Gasteiger partial charge in [0.1, 0.15) is 12.4 Å². The summed E-state index contributed by atoms with van der Waals surface area (Å²) < 4.78 is 5.62. The van der Waals surface area contributed by atoms with Gasteiger partial charge in [0.05, 0.1) is 12.1 Å². The van der Waals surface area contributed by atoms with Crippen molar-refractivity contribution in [2.45, 2.75) is 18.9 Å². The van der Waals surface area contributed by atoms with Crippen LogP contribution in [0.15, 0.2) is 36.9 Å². The molecule has 0 bridgehead atoms. The predicted octanol–water partition coefficient (Wildman–Crippen LogP) is 1.71. The van der Waals surface area contributed by atoms with Crippen LogP contribution in [-0.2, 0) is 4.79 Å². The van der Waals surface area contributed by atoms with E-state index in [2.05, 4.69) is 11.9 Å². The van der Waals surface area contributed by atoms with Gasteiger partial charge in [-0.05, 0) is 25.0 Å². The van der Waals surface area contributed by atoms with E-state index in [9.17, 15) is 9.59 Å². The molecule has 1 atom stereocenters. The van der Waals surface area contributed by atoms with Crippen LogP contribution in [0.4, 0.5) is 0 Å². The maximum atomic E-state index is 13.0. The predicted molar refractivity (Wildman–Crippen MR) is 103 cm³/mol. The Balaban J connectivity index is 0.00000243. The summed E-state index contributed by atoms with van der Waals surface area (Å²) >= 11 is 0. The number of carbonyl (C=O) groups excluding carboxylic acids is 2. The van der Waals surface area contributed by atoms with Gasteiger partial charge in [0.15, 0.2) is 0 Å². The number of halogens is 1. The van der Waals surface area contributed by atoms with Crippen molar-refractivity contribution in [2.75, 3.05) is 39.3 Å². The highest BCUT2D eigenvalue weighted by Gasteiger charge is 2.32. The number of ether oxygens (including phenoxy) is 1. The summed E-state index contributed by atoms with van der Waals surface area (Å²) in [7, 11) is 0. The lowest BCUT2D eigenvalue weighted by atomic mass is 10.0. The van der Waals surface area contributed by atoms with E-state index in [1.165, 1.54) is 0 Å². The van der Waals surface area contributed by atoms with Crippen LogP contribution in [0.1, 0.15) is 23.2 Å². The van der Waals surface area contributed by atoms with Crippen molar-refractivity contribution in [3.63, 3.8) is 0 Å². The van der Waals surface area contributed by atoms with Crippen LogP contribution in [-0.4, -0.2) is 67.0 Å². The molecule has 0 aromatic heterocycles. The molecular weight excluding hydrogens is 354 g/mol. The van der Waals surface area contributed by atoms with Crippen LogP contribution in [0.2, 0.25) is 0 Å². The summed E-state index contributed by atoms with van der Waals surface area (Å²) in [6.45, 7) is 7.23. The van der Waals surface area contributed by atoms with E-state index >= 15 is 0 Å². The minimum atomic E-state index is -0.0352. The first-order valence-electron chi connectivity index (χ1n) is 8.83. The third-order valence-corrected chi connectivity index (χ3v) is 4.72. The van der Waals surface area contributed by atoms with Crippen LogP contribution in [0, 0.1) is 0 Å². The highest BCUT2D eigenvalue weighted by molar-refractivity contribution is 5.97. The lowest BCUT2D eigenvalue weighted by Gasteiger charge is -2.41. The molecule has 0 aliphatic carbocycles. The number of para-hydroxylation sites is 1. The summed E-state index contributed by atoms with van der Waals surface area (Å²) in [6, 6.07) is 7.40. The first-order chi connectivity index (χ1) is 12.2. The van der Waals surface area contributed by atoms with Gasteiger partial charge in [0.25, 0.3) is 5.91 Å². The number of piperidine rings is 1. The van der Waals surface area contributed by atoms with Crippen molar-refractivity contribution in [1.29, 1.82) is 0 Å². The summed E-state index contributed by atoms with van der Waals surface area (Å²) in [6.07, 6.45) is 3.52. The quantitative estimate of drug-likeness (QED) is 0.791. The van der Waals surface area contributed by atoms with E-state index in [1.54, 1.807) is 18.2 Å². The van der Waals surface area contributed by atoms with E-state index in [1.807, 2.05) is 21.9 Å². The number of carbonyl (C=O) groups is 2. The van der Waals surface area contributed by atoms with Crippen LogP contribution < -0.4 is 10.1 Å². The van der Waals surface area contributed by atoms with Crippen molar-refractivity contribution in [3.8, 4) is 5.75 Å². The van der Waals surface area contributed by atoms with Crippen molar-refractivity contribution >= 4 is 24.2 Å². The monoisotopic (exact) mass is 379 g/mol. The first kappa shape index (κ1) is 20.3. The molecule has 1 N–H and O–H groups in total. The second-order valence-electron chi connectivity index (χ2n) is 6.41. The van der Waals surface area contributed by atoms with Gasteiger partial charge >= 0.3 is 0 Å². The number of likely N-dealkylation sites (tertiary alicyclic amines) is 1. The van der Waals surface area contributed by atoms with E-state index in [-0.39, 0.29) is 30.3 Å². The van der Waals surface area contributed by atoms with Gasteiger partial charge in [0, 0.05) is 32.2 Å². The number of hydrogen-bond acceptors (Lipinski definition) is 4. The Kier molecular flexibility index (Phi) is 7.48. The minimum Gasteiger partial charge on any atom is -0.489 e. The molecule has 0 saturated carbocycles. The van der Waals surface area contributed by atoms with Crippen LogP contribution in [0.5, 0.6) is 5.75 Å². The lowest BCUT2D eigenvalue weighted by Crippen LogP contribution is -2.57. The van der Waals surface area contributed by atoms with Gasteiger partial charge < -0.3 is 19.9 Å². The number of piperazine rings is 1.